The molecule has 3 heterocycles. The molecule has 0 spiro atoms. The van der Waals surface area contributed by atoms with Crippen molar-refractivity contribution in [3.05, 3.63) is 103 Å². The molecule has 0 aliphatic carbocycles. The van der Waals surface area contributed by atoms with E-state index in [-0.39, 0.29) is 5.91 Å². The molecule has 0 saturated carbocycles. The minimum atomic E-state index is -0.0773. The highest BCUT2D eigenvalue weighted by atomic mass is 16.5. The highest BCUT2D eigenvalue weighted by molar-refractivity contribution is 5.94. The van der Waals surface area contributed by atoms with Gasteiger partial charge in [-0.3, -0.25) is 9.69 Å². The zero-order valence-electron chi connectivity index (χ0n) is 22.9. The van der Waals surface area contributed by atoms with Crippen molar-refractivity contribution in [2.45, 2.75) is 57.2 Å². The third kappa shape index (κ3) is 4.65. The van der Waals surface area contributed by atoms with Gasteiger partial charge in [-0.05, 0) is 73.6 Å². The highest BCUT2D eigenvalue weighted by Crippen LogP contribution is 2.52. The van der Waals surface area contributed by atoms with Crippen LogP contribution in [0.5, 0.6) is 11.5 Å². The monoisotopic (exact) mass is 529 g/mol. The maximum Gasteiger partial charge on any atom is 0.221 e. The van der Waals surface area contributed by atoms with Crippen LogP contribution in [0.15, 0.2) is 97.1 Å². The van der Waals surface area contributed by atoms with Crippen molar-refractivity contribution in [1.29, 1.82) is 0 Å². The first-order valence-electron chi connectivity index (χ1n) is 14.5. The maximum absolute atomic E-state index is 11.8. The van der Waals surface area contributed by atoms with Crippen LogP contribution in [0.25, 0.3) is 11.1 Å². The Balaban J connectivity index is 1.18. The molecule has 2 fully saturated rings. The van der Waals surface area contributed by atoms with Crippen molar-refractivity contribution >= 4 is 23.0 Å². The molecule has 3 aliphatic heterocycles. The number of piperidine rings is 1. The van der Waals surface area contributed by atoms with Crippen molar-refractivity contribution in [2.75, 3.05) is 16.8 Å². The number of para-hydroxylation sites is 3. The molecular formula is C35H35N3O2. The number of amides is 1. The number of carbonyl (C=O) groups excluding carboxylic acids is 1. The lowest BCUT2D eigenvalue weighted by atomic mass is 9.93. The SMILES string of the molecule is CC(=O)Nc1ccccc1-c1ccc2c(c1)Oc1ccccc1N2C1C[C@H]2CC[C@@H](C1)N2CCc1ccccc1. The van der Waals surface area contributed by atoms with Crippen molar-refractivity contribution in [3.8, 4) is 22.6 Å². The van der Waals surface area contributed by atoms with E-state index < -0.39 is 0 Å². The van der Waals surface area contributed by atoms with Crippen molar-refractivity contribution in [2.24, 2.45) is 0 Å². The molecule has 3 atom stereocenters. The molecule has 1 N–H and O–H groups in total. The summed E-state index contributed by atoms with van der Waals surface area (Å²) in [5.41, 5.74) is 6.53. The number of anilines is 3. The number of benzene rings is 4. The lowest BCUT2D eigenvalue weighted by Gasteiger charge is -2.46. The lowest BCUT2D eigenvalue weighted by Crippen LogP contribution is -2.50. The fourth-order valence-electron chi connectivity index (χ4n) is 7.10. The van der Waals surface area contributed by atoms with Crippen LogP contribution in [0, 0.1) is 0 Å². The summed E-state index contributed by atoms with van der Waals surface area (Å²) in [4.78, 5) is 17.2. The molecule has 40 heavy (non-hydrogen) atoms. The Kier molecular flexibility index (Phi) is 6.52. The predicted molar refractivity (Wildman–Crippen MR) is 162 cm³/mol. The van der Waals surface area contributed by atoms with Gasteiger partial charge < -0.3 is 15.0 Å². The molecule has 1 amide bonds. The van der Waals surface area contributed by atoms with Crippen molar-refractivity contribution in [1.82, 2.24) is 4.90 Å². The van der Waals surface area contributed by atoms with Crippen LogP contribution >= 0.6 is 0 Å². The summed E-state index contributed by atoms with van der Waals surface area (Å²) in [5, 5.41) is 2.97. The average molecular weight is 530 g/mol. The van der Waals surface area contributed by atoms with E-state index in [1.807, 2.05) is 30.3 Å². The average Bonchev–Trinajstić information content (AvgIpc) is 3.21. The number of ether oxygens (including phenoxy) is 1. The van der Waals surface area contributed by atoms with Gasteiger partial charge in [0.25, 0.3) is 0 Å². The van der Waals surface area contributed by atoms with Gasteiger partial charge in [0, 0.05) is 42.8 Å². The number of hydrogen-bond donors (Lipinski definition) is 1. The van der Waals surface area contributed by atoms with E-state index in [1.54, 1.807) is 6.92 Å². The zero-order chi connectivity index (χ0) is 27.1. The van der Waals surface area contributed by atoms with Gasteiger partial charge in [0.15, 0.2) is 11.5 Å². The van der Waals surface area contributed by atoms with Gasteiger partial charge in [0.2, 0.25) is 5.91 Å². The van der Waals surface area contributed by atoms with Gasteiger partial charge in [-0.1, -0.05) is 66.7 Å². The number of nitrogens with one attached hydrogen (secondary N) is 1. The molecule has 3 aliphatic rings. The summed E-state index contributed by atoms with van der Waals surface area (Å²) >= 11 is 0. The van der Waals surface area contributed by atoms with Crippen molar-refractivity contribution < 1.29 is 9.53 Å². The Labute approximate surface area is 236 Å². The first-order valence-corrected chi connectivity index (χ1v) is 14.5. The summed E-state index contributed by atoms with van der Waals surface area (Å²) in [6, 6.07) is 35.4. The van der Waals surface area contributed by atoms with Gasteiger partial charge in [-0.2, -0.15) is 0 Å². The Bertz CT molecular complexity index is 1520. The van der Waals surface area contributed by atoms with Crippen LogP contribution in [0.1, 0.15) is 38.2 Å². The van der Waals surface area contributed by atoms with E-state index in [2.05, 4.69) is 81.8 Å². The second-order valence-corrected chi connectivity index (χ2v) is 11.3. The molecular weight excluding hydrogens is 494 g/mol. The first kappa shape index (κ1) is 24.9. The van der Waals surface area contributed by atoms with E-state index in [1.165, 1.54) is 18.4 Å². The van der Waals surface area contributed by atoms with Crippen LogP contribution in [0.3, 0.4) is 0 Å². The normalized spacial score (nSPS) is 21.3. The minimum Gasteiger partial charge on any atom is -0.453 e. The second-order valence-electron chi connectivity index (χ2n) is 11.3. The standard InChI is InChI=1S/C35H35N3O2/c1-24(39)36-31-12-6-5-11-30(31)26-15-18-33-35(21-26)40-34-14-8-7-13-32(34)38(33)29-22-27-16-17-28(23-29)37(27)20-19-25-9-3-2-4-10-25/h2-15,18,21,27-29H,16-17,19-20,22-23H2,1H3,(H,36,39)/t27-,28+,29?. The predicted octanol–water partition coefficient (Wildman–Crippen LogP) is 7.79. The van der Waals surface area contributed by atoms with Gasteiger partial charge in [0.05, 0.1) is 11.4 Å². The minimum absolute atomic E-state index is 0.0773. The molecule has 2 bridgehead atoms. The largest absolute Gasteiger partial charge is 0.453 e. The molecule has 4 aromatic rings. The molecule has 7 rings (SSSR count). The fraction of sp³-hybridized carbons (Fsp3) is 0.286. The Morgan fingerprint density at radius 1 is 0.800 bits per heavy atom. The summed E-state index contributed by atoms with van der Waals surface area (Å²) in [6.45, 7) is 2.68. The summed E-state index contributed by atoms with van der Waals surface area (Å²) in [6.07, 6.45) is 6.00. The molecule has 1 unspecified atom stereocenters. The summed E-state index contributed by atoms with van der Waals surface area (Å²) in [5.74, 6) is 1.69. The quantitative estimate of drug-likeness (QED) is 0.277. The van der Waals surface area contributed by atoms with Crippen LogP contribution in [-0.2, 0) is 11.2 Å². The van der Waals surface area contributed by atoms with Crippen LogP contribution < -0.4 is 15.0 Å². The van der Waals surface area contributed by atoms with E-state index in [4.69, 9.17) is 4.74 Å². The number of nitrogens with zero attached hydrogens (tertiary/aromatic N) is 2. The van der Waals surface area contributed by atoms with Crippen LogP contribution in [0.2, 0.25) is 0 Å². The van der Waals surface area contributed by atoms with E-state index in [0.29, 0.717) is 18.1 Å². The Morgan fingerprint density at radius 2 is 1.50 bits per heavy atom. The van der Waals surface area contributed by atoms with Gasteiger partial charge in [-0.25, -0.2) is 0 Å². The molecule has 0 radical (unpaired) electrons. The summed E-state index contributed by atoms with van der Waals surface area (Å²) < 4.78 is 6.52. The van der Waals surface area contributed by atoms with Gasteiger partial charge in [0.1, 0.15) is 0 Å². The van der Waals surface area contributed by atoms with Crippen molar-refractivity contribution in [3.63, 3.8) is 0 Å². The Hall–Kier alpha value is -4.09. The third-order valence-corrected chi connectivity index (χ3v) is 8.84. The van der Waals surface area contributed by atoms with E-state index >= 15 is 0 Å². The van der Waals surface area contributed by atoms with Gasteiger partial charge >= 0.3 is 0 Å². The second kappa shape index (κ2) is 10.5. The Morgan fingerprint density at radius 3 is 2.30 bits per heavy atom. The van der Waals surface area contributed by atoms with Crippen LogP contribution in [-0.4, -0.2) is 35.5 Å². The lowest BCUT2D eigenvalue weighted by molar-refractivity contribution is -0.114. The molecule has 5 nitrogen and oxygen atoms in total. The number of hydrogen-bond acceptors (Lipinski definition) is 4. The van der Waals surface area contributed by atoms with Crippen LogP contribution in [0.4, 0.5) is 17.1 Å². The fourth-order valence-corrected chi connectivity index (χ4v) is 7.10. The summed E-state index contributed by atoms with van der Waals surface area (Å²) in [7, 11) is 0. The van der Waals surface area contributed by atoms with E-state index in [9.17, 15) is 4.79 Å². The molecule has 0 aromatic heterocycles. The smallest absolute Gasteiger partial charge is 0.221 e. The van der Waals surface area contributed by atoms with Gasteiger partial charge in [-0.15, -0.1) is 0 Å². The molecule has 202 valence electrons. The number of carbonyl (C=O) groups is 1. The topological polar surface area (TPSA) is 44.8 Å². The molecule has 2 saturated heterocycles. The highest BCUT2D eigenvalue weighted by Gasteiger charge is 2.44. The number of fused-ring (bicyclic) bond motifs is 4. The molecule has 4 aromatic carbocycles. The number of rotatable bonds is 6. The zero-order valence-corrected chi connectivity index (χ0v) is 22.9. The molecule has 5 heteroatoms. The maximum atomic E-state index is 11.8. The third-order valence-electron chi connectivity index (χ3n) is 8.84. The van der Waals surface area contributed by atoms with E-state index in [0.717, 1.165) is 65.5 Å². The first-order chi connectivity index (χ1) is 19.6.